The van der Waals surface area contributed by atoms with Crippen LogP contribution >= 0.6 is 0 Å². The van der Waals surface area contributed by atoms with Gasteiger partial charge in [-0.2, -0.15) is 5.10 Å². The molecule has 0 saturated carbocycles. The molecule has 6 nitrogen and oxygen atoms in total. The zero-order valence-electron chi connectivity index (χ0n) is 13.7. The van der Waals surface area contributed by atoms with Crippen LogP contribution in [0.25, 0.3) is 0 Å². The minimum atomic E-state index is -0.417. The standard InChI is InChI=1S/C19H17N3O3/c1-14(15-9-11-20-12-10-15)21-22-19(23)18-8-7-17(25-18)13-24-16-5-3-2-4-6-16/h2-12H,13H2,1H3,(H,22,23)/b21-14+. The average Bonchev–Trinajstić information content (AvgIpc) is 3.15. The molecule has 0 aliphatic heterocycles. The molecule has 2 aromatic heterocycles. The number of furan rings is 1. The second-order valence-corrected chi connectivity index (χ2v) is 5.24. The number of nitrogens with one attached hydrogen (secondary N) is 1. The van der Waals surface area contributed by atoms with Crippen LogP contribution in [0.15, 0.2) is 76.5 Å². The maximum absolute atomic E-state index is 12.1. The van der Waals surface area contributed by atoms with Crippen LogP contribution < -0.4 is 10.2 Å². The summed E-state index contributed by atoms with van der Waals surface area (Å²) < 4.78 is 11.1. The highest BCUT2D eigenvalue weighted by Gasteiger charge is 2.11. The Bertz CT molecular complexity index is 858. The molecule has 0 unspecified atom stereocenters. The van der Waals surface area contributed by atoms with Crippen molar-refractivity contribution in [1.29, 1.82) is 0 Å². The zero-order chi connectivity index (χ0) is 17.5. The number of carbonyl (C=O) groups excluding carboxylic acids is 1. The van der Waals surface area contributed by atoms with Crippen molar-refractivity contribution in [3.05, 3.63) is 84.1 Å². The molecule has 6 heteroatoms. The van der Waals surface area contributed by atoms with Crippen LogP contribution in [0.1, 0.15) is 28.8 Å². The third-order valence-electron chi connectivity index (χ3n) is 3.43. The van der Waals surface area contributed by atoms with Gasteiger partial charge < -0.3 is 9.15 Å². The number of rotatable bonds is 6. The van der Waals surface area contributed by atoms with Crippen molar-refractivity contribution in [2.24, 2.45) is 5.10 Å². The molecular weight excluding hydrogens is 318 g/mol. The van der Waals surface area contributed by atoms with E-state index in [-0.39, 0.29) is 12.4 Å². The van der Waals surface area contributed by atoms with Gasteiger partial charge in [-0.3, -0.25) is 9.78 Å². The number of hydrazone groups is 1. The second kappa shape index (κ2) is 7.92. The van der Waals surface area contributed by atoms with E-state index in [4.69, 9.17) is 9.15 Å². The van der Waals surface area contributed by atoms with E-state index in [0.29, 0.717) is 11.5 Å². The van der Waals surface area contributed by atoms with Gasteiger partial charge in [-0.1, -0.05) is 18.2 Å². The van der Waals surface area contributed by atoms with Gasteiger partial charge in [-0.05, 0) is 43.3 Å². The lowest BCUT2D eigenvalue weighted by atomic mass is 10.2. The van der Waals surface area contributed by atoms with Gasteiger partial charge in [-0.15, -0.1) is 0 Å². The number of ether oxygens (including phenoxy) is 1. The highest BCUT2D eigenvalue weighted by molar-refractivity contribution is 6.00. The van der Waals surface area contributed by atoms with Crippen molar-refractivity contribution < 1.29 is 13.9 Å². The smallest absolute Gasteiger partial charge is 0.307 e. The zero-order valence-corrected chi connectivity index (χ0v) is 13.7. The van der Waals surface area contributed by atoms with Gasteiger partial charge in [0.15, 0.2) is 5.76 Å². The van der Waals surface area contributed by atoms with E-state index in [0.717, 1.165) is 11.3 Å². The van der Waals surface area contributed by atoms with Crippen molar-refractivity contribution in [3.63, 3.8) is 0 Å². The predicted octanol–water partition coefficient (Wildman–Crippen LogP) is 3.41. The molecule has 25 heavy (non-hydrogen) atoms. The summed E-state index contributed by atoms with van der Waals surface area (Å²) in [5.41, 5.74) is 4.04. The lowest BCUT2D eigenvalue weighted by molar-refractivity contribution is 0.0923. The van der Waals surface area contributed by atoms with Gasteiger partial charge in [0.05, 0.1) is 5.71 Å². The molecule has 0 atom stereocenters. The molecule has 0 saturated heterocycles. The maximum Gasteiger partial charge on any atom is 0.307 e. The van der Waals surface area contributed by atoms with E-state index in [9.17, 15) is 4.79 Å². The average molecular weight is 335 g/mol. The van der Waals surface area contributed by atoms with Crippen LogP contribution in [-0.4, -0.2) is 16.6 Å². The Hall–Kier alpha value is -3.41. The van der Waals surface area contributed by atoms with Gasteiger partial charge in [0.1, 0.15) is 18.1 Å². The summed E-state index contributed by atoms with van der Waals surface area (Å²) >= 11 is 0. The number of amides is 1. The molecule has 1 amide bonds. The monoisotopic (exact) mass is 335 g/mol. The van der Waals surface area contributed by atoms with E-state index in [1.807, 2.05) is 42.5 Å². The van der Waals surface area contributed by atoms with Crippen LogP contribution in [0.2, 0.25) is 0 Å². The fraction of sp³-hybridized carbons (Fsp3) is 0.105. The molecule has 0 radical (unpaired) electrons. The van der Waals surface area contributed by atoms with Crippen LogP contribution in [0.3, 0.4) is 0 Å². The molecule has 1 N–H and O–H groups in total. The summed E-state index contributed by atoms with van der Waals surface area (Å²) in [6.07, 6.45) is 3.34. The highest BCUT2D eigenvalue weighted by atomic mass is 16.5. The predicted molar refractivity (Wildman–Crippen MR) is 93.4 cm³/mol. The Balaban J connectivity index is 1.57. The Labute approximate surface area is 145 Å². The first-order valence-electron chi connectivity index (χ1n) is 7.74. The number of pyridine rings is 1. The van der Waals surface area contributed by atoms with Crippen molar-refractivity contribution in [2.75, 3.05) is 0 Å². The van der Waals surface area contributed by atoms with Gasteiger partial charge in [-0.25, -0.2) is 5.43 Å². The SMILES string of the molecule is C/C(=N\NC(=O)c1ccc(COc2ccccc2)o1)c1ccncc1. The summed E-state index contributed by atoms with van der Waals surface area (Å²) in [7, 11) is 0. The van der Waals surface area contributed by atoms with Gasteiger partial charge >= 0.3 is 5.91 Å². The first kappa shape index (κ1) is 16.4. The van der Waals surface area contributed by atoms with Crippen LogP contribution in [0.4, 0.5) is 0 Å². The summed E-state index contributed by atoms with van der Waals surface area (Å²) in [4.78, 5) is 16.0. The molecule has 126 valence electrons. The number of benzene rings is 1. The van der Waals surface area contributed by atoms with Crippen molar-refractivity contribution >= 4 is 11.6 Å². The van der Waals surface area contributed by atoms with Crippen molar-refractivity contribution in [2.45, 2.75) is 13.5 Å². The Morgan fingerprint density at radius 1 is 1.12 bits per heavy atom. The van der Waals surface area contributed by atoms with Crippen molar-refractivity contribution in [1.82, 2.24) is 10.4 Å². The normalized spacial score (nSPS) is 11.2. The first-order chi connectivity index (χ1) is 12.2. The Morgan fingerprint density at radius 2 is 1.88 bits per heavy atom. The largest absolute Gasteiger partial charge is 0.486 e. The number of aromatic nitrogens is 1. The number of hydrogen-bond donors (Lipinski definition) is 1. The molecule has 2 heterocycles. The molecule has 3 rings (SSSR count). The summed E-state index contributed by atoms with van der Waals surface area (Å²) in [6.45, 7) is 2.05. The highest BCUT2D eigenvalue weighted by Crippen LogP contribution is 2.14. The first-order valence-corrected chi connectivity index (χ1v) is 7.74. The lowest BCUT2D eigenvalue weighted by Crippen LogP contribution is -2.18. The number of para-hydroxylation sites is 1. The van der Waals surface area contributed by atoms with E-state index < -0.39 is 5.91 Å². The van der Waals surface area contributed by atoms with Gasteiger partial charge in [0, 0.05) is 18.0 Å². The maximum atomic E-state index is 12.1. The fourth-order valence-electron chi connectivity index (χ4n) is 2.10. The molecule has 0 aliphatic carbocycles. The van der Waals surface area contributed by atoms with Crippen LogP contribution in [0.5, 0.6) is 5.75 Å². The Kier molecular flexibility index (Phi) is 5.21. The van der Waals surface area contributed by atoms with Gasteiger partial charge in [0.2, 0.25) is 0 Å². The Morgan fingerprint density at radius 3 is 2.64 bits per heavy atom. The summed E-state index contributed by atoms with van der Waals surface area (Å²) in [6, 6.07) is 16.3. The van der Waals surface area contributed by atoms with Crippen LogP contribution in [0, 0.1) is 0 Å². The van der Waals surface area contributed by atoms with Gasteiger partial charge in [0.25, 0.3) is 0 Å². The van der Waals surface area contributed by atoms with E-state index in [1.54, 1.807) is 31.5 Å². The topological polar surface area (TPSA) is 76.7 Å². The quantitative estimate of drug-likeness (QED) is 0.553. The number of nitrogens with zero attached hydrogens (tertiary/aromatic N) is 2. The third kappa shape index (κ3) is 4.54. The molecule has 0 fully saturated rings. The second-order valence-electron chi connectivity index (χ2n) is 5.24. The fourth-order valence-corrected chi connectivity index (χ4v) is 2.10. The molecule has 0 spiro atoms. The van der Waals surface area contributed by atoms with E-state index in [2.05, 4.69) is 15.5 Å². The molecular formula is C19H17N3O3. The molecule has 0 aliphatic rings. The number of hydrogen-bond acceptors (Lipinski definition) is 5. The third-order valence-corrected chi connectivity index (χ3v) is 3.43. The number of carbonyl (C=O) groups is 1. The summed E-state index contributed by atoms with van der Waals surface area (Å²) in [5.74, 6) is 1.06. The molecule has 0 bridgehead atoms. The van der Waals surface area contributed by atoms with E-state index >= 15 is 0 Å². The van der Waals surface area contributed by atoms with E-state index in [1.165, 1.54) is 0 Å². The van der Waals surface area contributed by atoms with Crippen molar-refractivity contribution in [3.8, 4) is 5.75 Å². The lowest BCUT2D eigenvalue weighted by Gasteiger charge is -2.03. The molecule has 1 aromatic carbocycles. The minimum absolute atomic E-state index is 0.179. The van der Waals surface area contributed by atoms with Crippen LogP contribution in [-0.2, 0) is 6.61 Å². The summed E-state index contributed by atoms with van der Waals surface area (Å²) in [5, 5.41) is 4.07. The minimum Gasteiger partial charge on any atom is -0.486 e. The molecule has 3 aromatic rings.